The number of rotatable bonds is 4. The molecular formula is C14H20N2O6S. The summed E-state index contributed by atoms with van der Waals surface area (Å²) in [4.78, 5) is 13.0. The lowest BCUT2D eigenvalue weighted by Gasteiger charge is -2.33. The molecule has 0 spiro atoms. The molecule has 0 unspecified atom stereocenters. The van der Waals surface area contributed by atoms with Crippen molar-refractivity contribution in [3.8, 4) is 11.5 Å². The smallest absolute Gasteiger partial charge is 0.409 e. The average Bonchev–Trinajstić information content (AvgIpc) is 2.60. The third kappa shape index (κ3) is 3.50. The summed E-state index contributed by atoms with van der Waals surface area (Å²) in [6, 6.07) is 4.62. The largest absolute Gasteiger partial charge is 0.497 e. The highest BCUT2D eigenvalue weighted by atomic mass is 32.2. The first-order valence-electron chi connectivity index (χ1n) is 6.99. The van der Waals surface area contributed by atoms with Crippen molar-refractivity contribution in [2.45, 2.75) is 4.90 Å². The number of methoxy groups -OCH3 is 3. The van der Waals surface area contributed by atoms with E-state index in [0.29, 0.717) is 5.75 Å². The summed E-state index contributed by atoms with van der Waals surface area (Å²) in [5, 5.41) is 0. The number of nitrogens with zero attached hydrogens (tertiary/aromatic N) is 2. The molecule has 1 heterocycles. The normalized spacial score (nSPS) is 16.0. The molecule has 2 rings (SSSR count). The van der Waals surface area contributed by atoms with E-state index in [9.17, 15) is 13.2 Å². The molecule has 1 saturated heterocycles. The number of amides is 1. The lowest BCUT2D eigenvalue weighted by atomic mass is 10.3. The van der Waals surface area contributed by atoms with Crippen LogP contribution in [-0.4, -0.2) is 71.2 Å². The molecule has 1 aromatic carbocycles. The summed E-state index contributed by atoms with van der Waals surface area (Å²) in [5.41, 5.74) is 0. The Kier molecular flexibility index (Phi) is 5.32. The third-order valence-corrected chi connectivity index (χ3v) is 5.58. The van der Waals surface area contributed by atoms with Gasteiger partial charge in [0.2, 0.25) is 10.0 Å². The van der Waals surface area contributed by atoms with E-state index in [2.05, 4.69) is 4.74 Å². The molecule has 0 atom stereocenters. The predicted octanol–water partition coefficient (Wildman–Crippen LogP) is 0.776. The van der Waals surface area contributed by atoms with E-state index in [1.165, 1.54) is 36.6 Å². The Hall–Kier alpha value is -2.00. The number of hydrogen-bond donors (Lipinski definition) is 0. The van der Waals surface area contributed by atoms with Gasteiger partial charge < -0.3 is 19.1 Å². The average molecular weight is 344 g/mol. The van der Waals surface area contributed by atoms with E-state index in [-0.39, 0.29) is 36.8 Å². The Labute approximate surface area is 135 Å². The third-order valence-electron chi connectivity index (χ3n) is 3.66. The van der Waals surface area contributed by atoms with Crippen LogP contribution in [0.3, 0.4) is 0 Å². The first-order valence-corrected chi connectivity index (χ1v) is 8.43. The Balaban J connectivity index is 2.24. The van der Waals surface area contributed by atoms with Gasteiger partial charge >= 0.3 is 6.09 Å². The number of piperazine rings is 1. The van der Waals surface area contributed by atoms with Crippen LogP contribution in [0, 0.1) is 0 Å². The molecule has 0 aromatic heterocycles. The Bertz CT molecular complexity index is 668. The maximum atomic E-state index is 12.8. The van der Waals surface area contributed by atoms with Crippen molar-refractivity contribution in [1.82, 2.24) is 9.21 Å². The van der Waals surface area contributed by atoms with Crippen LogP contribution >= 0.6 is 0 Å². The van der Waals surface area contributed by atoms with E-state index >= 15 is 0 Å². The fourth-order valence-electron chi connectivity index (χ4n) is 2.36. The molecular weight excluding hydrogens is 324 g/mol. The highest BCUT2D eigenvalue weighted by Gasteiger charge is 2.32. The summed E-state index contributed by atoms with van der Waals surface area (Å²) in [6.45, 7) is 0.936. The van der Waals surface area contributed by atoms with Crippen molar-refractivity contribution >= 4 is 16.1 Å². The minimum absolute atomic E-state index is 0.0471. The predicted molar refractivity (Wildman–Crippen MR) is 82.3 cm³/mol. The number of ether oxygens (including phenoxy) is 3. The van der Waals surface area contributed by atoms with Crippen molar-refractivity contribution in [3.05, 3.63) is 18.2 Å². The van der Waals surface area contributed by atoms with Crippen molar-refractivity contribution in [3.63, 3.8) is 0 Å². The summed E-state index contributed by atoms with van der Waals surface area (Å²) in [6.07, 6.45) is -0.457. The zero-order chi connectivity index (χ0) is 17.0. The van der Waals surface area contributed by atoms with Gasteiger partial charge in [-0.15, -0.1) is 0 Å². The van der Waals surface area contributed by atoms with Crippen LogP contribution < -0.4 is 9.47 Å². The molecule has 0 saturated carbocycles. The molecule has 1 aliphatic heterocycles. The molecule has 8 nitrogen and oxygen atoms in total. The van der Waals surface area contributed by atoms with Crippen LogP contribution in [0.1, 0.15) is 0 Å². The quantitative estimate of drug-likeness (QED) is 0.802. The van der Waals surface area contributed by atoms with E-state index in [1.807, 2.05) is 0 Å². The Morgan fingerprint density at radius 3 is 2.22 bits per heavy atom. The van der Waals surface area contributed by atoms with Crippen molar-refractivity contribution in [2.75, 3.05) is 47.5 Å². The van der Waals surface area contributed by atoms with Gasteiger partial charge in [-0.2, -0.15) is 4.31 Å². The summed E-state index contributed by atoms with van der Waals surface area (Å²) >= 11 is 0. The van der Waals surface area contributed by atoms with Crippen LogP contribution in [0.25, 0.3) is 0 Å². The van der Waals surface area contributed by atoms with Gasteiger partial charge in [-0.1, -0.05) is 0 Å². The molecule has 0 radical (unpaired) electrons. The second kappa shape index (κ2) is 7.05. The molecule has 0 bridgehead atoms. The molecule has 1 aromatic rings. The van der Waals surface area contributed by atoms with E-state index < -0.39 is 16.1 Å². The molecule has 0 N–H and O–H groups in total. The highest BCUT2D eigenvalue weighted by Crippen LogP contribution is 2.31. The Morgan fingerprint density at radius 2 is 1.70 bits per heavy atom. The molecule has 1 amide bonds. The minimum atomic E-state index is -3.74. The number of sulfonamides is 1. The molecule has 9 heteroatoms. The molecule has 1 fully saturated rings. The summed E-state index contributed by atoms with van der Waals surface area (Å²) in [5.74, 6) is 0.679. The summed E-state index contributed by atoms with van der Waals surface area (Å²) < 4.78 is 41.9. The second-order valence-corrected chi connectivity index (χ2v) is 6.78. The lowest BCUT2D eigenvalue weighted by Crippen LogP contribution is -2.50. The van der Waals surface area contributed by atoms with Gasteiger partial charge in [0.05, 0.1) is 21.3 Å². The number of carbonyl (C=O) groups excluding carboxylic acids is 1. The van der Waals surface area contributed by atoms with Crippen LogP contribution in [0.15, 0.2) is 23.1 Å². The van der Waals surface area contributed by atoms with E-state index in [1.54, 1.807) is 12.1 Å². The van der Waals surface area contributed by atoms with Crippen LogP contribution in [0.2, 0.25) is 0 Å². The maximum Gasteiger partial charge on any atom is 0.409 e. The first-order chi connectivity index (χ1) is 10.9. The van der Waals surface area contributed by atoms with Crippen molar-refractivity contribution in [1.29, 1.82) is 0 Å². The van der Waals surface area contributed by atoms with Gasteiger partial charge in [0.25, 0.3) is 0 Å². The Morgan fingerprint density at radius 1 is 1.04 bits per heavy atom. The van der Waals surface area contributed by atoms with E-state index in [0.717, 1.165) is 0 Å². The standard InChI is InChI=1S/C14H20N2O6S/c1-20-11-4-5-12(21-2)13(10-11)23(18,19)16-8-6-15(7-9-16)14(17)22-3/h4-5,10H,6-9H2,1-3H3. The van der Waals surface area contributed by atoms with Gasteiger partial charge in [-0.3, -0.25) is 0 Å². The highest BCUT2D eigenvalue weighted by molar-refractivity contribution is 7.89. The minimum Gasteiger partial charge on any atom is -0.497 e. The van der Waals surface area contributed by atoms with Crippen LogP contribution in [-0.2, 0) is 14.8 Å². The number of carbonyl (C=O) groups is 1. The summed E-state index contributed by atoms with van der Waals surface area (Å²) in [7, 11) is 0.433. The number of benzene rings is 1. The molecule has 23 heavy (non-hydrogen) atoms. The first kappa shape index (κ1) is 17.4. The van der Waals surface area contributed by atoms with Gasteiger partial charge in [0.1, 0.15) is 16.4 Å². The van der Waals surface area contributed by atoms with Gasteiger partial charge in [0.15, 0.2) is 0 Å². The molecule has 0 aliphatic carbocycles. The van der Waals surface area contributed by atoms with Gasteiger partial charge in [-0.05, 0) is 12.1 Å². The SMILES string of the molecule is COC(=O)N1CCN(S(=O)(=O)c2cc(OC)ccc2OC)CC1. The maximum absolute atomic E-state index is 12.8. The molecule has 128 valence electrons. The van der Waals surface area contributed by atoms with Crippen LogP contribution in [0.5, 0.6) is 11.5 Å². The fraction of sp³-hybridized carbons (Fsp3) is 0.500. The lowest BCUT2D eigenvalue weighted by molar-refractivity contribution is 0.108. The van der Waals surface area contributed by atoms with Crippen molar-refractivity contribution < 1.29 is 27.4 Å². The zero-order valence-corrected chi connectivity index (χ0v) is 14.1. The monoisotopic (exact) mass is 344 g/mol. The molecule has 1 aliphatic rings. The van der Waals surface area contributed by atoms with E-state index in [4.69, 9.17) is 9.47 Å². The fourth-order valence-corrected chi connectivity index (χ4v) is 3.96. The van der Waals surface area contributed by atoms with Gasteiger partial charge in [0, 0.05) is 32.2 Å². The van der Waals surface area contributed by atoms with Crippen molar-refractivity contribution in [2.24, 2.45) is 0 Å². The topological polar surface area (TPSA) is 85.4 Å². The van der Waals surface area contributed by atoms with Crippen LogP contribution in [0.4, 0.5) is 4.79 Å². The van der Waals surface area contributed by atoms with Gasteiger partial charge in [-0.25, -0.2) is 13.2 Å². The zero-order valence-electron chi connectivity index (χ0n) is 13.3. The number of hydrogen-bond acceptors (Lipinski definition) is 6. The second-order valence-electron chi connectivity index (χ2n) is 4.88.